The quantitative estimate of drug-likeness (QED) is 0.484. The average molecular weight is 359 g/mol. The minimum Gasteiger partial charge on any atom is -0.454 e. The predicted molar refractivity (Wildman–Crippen MR) is 88.6 cm³/mol. The number of ketones is 1. The molecular formula is C16H13N3O7. The Morgan fingerprint density at radius 1 is 1.27 bits per heavy atom. The molecule has 10 nitrogen and oxygen atoms in total. The number of Topliss-reactive ketones (excluding diaryl/α,β-unsaturated/α-hetero) is 1. The molecule has 10 heteroatoms. The van der Waals surface area contributed by atoms with Crippen LogP contribution in [-0.2, 0) is 11.3 Å². The number of nitro groups is 1. The Labute approximate surface area is 146 Å². The third-order valence-corrected chi connectivity index (χ3v) is 3.66. The molecule has 2 aromatic rings. The minimum absolute atomic E-state index is 0.00710. The number of rotatable bonds is 5. The maximum absolute atomic E-state index is 12.3. The number of amides is 1. The van der Waals surface area contributed by atoms with E-state index in [-0.39, 0.29) is 29.5 Å². The highest BCUT2D eigenvalue weighted by atomic mass is 16.7. The molecule has 1 N–H and O–H groups in total. The zero-order valence-electron chi connectivity index (χ0n) is 13.6. The number of hydrogen-bond donors (Lipinski definition) is 1. The molecule has 3 rings (SSSR count). The first-order valence-electron chi connectivity index (χ1n) is 7.44. The first kappa shape index (κ1) is 17.1. The lowest BCUT2D eigenvalue weighted by molar-refractivity contribution is -0.385. The van der Waals surface area contributed by atoms with E-state index in [0.29, 0.717) is 11.5 Å². The molecule has 2 heterocycles. The van der Waals surface area contributed by atoms with Crippen molar-refractivity contribution >= 4 is 23.1 Å². The van der Waals surface area contributed by atoms with Crippen molar-refractivity contribution in [3.05, 3.63) is 56.5 Å². The first-order chi connectivity index (χ1) is 12.3. The van der Waals surface area contributed by atoms with Crippen LogP contribution in [0.2, 0.25) is 0 Å². The van der Waals surface area contributed by atoms with Crippen LogP contribution in [0.3, 0.4) is 0 Å². The van der Waals surface area contributed by atoms with Gasteiger partial charge in [0.2, 0.25) is 12.7 Å². The van der Waals surface area contributed by atoms with E-state index in [1.54, 1.807) is 0 Å². The number of aromatic nitrogens is 1. The largest absolute Gasteiger partial charge is 0.454 e. The zero-order valence-corrected chi connectivity index (χ0v) is 13.6. The third kappa shape index (κ3) is 3.38. The molecule has 0 radical (unpaired) electrons. The zero-order chi connectivity index (χ0) is 18.8. The standard InChI is InChI=1S/C16H13N3O7/c1-9(20)11-4-13-14(26-8-25-13)5-12(11)17-15(21)7-18-6-10(19(23)24)2-3-16(18)22/h2-6H,7-8H2,1H3,(H,17,21). The lowest BCUT2D eigenvalue weighted by atomic mass is 10.1. The third-order valence-electron chi connectivity index (χ3n) is 3.66. The summed E-state index contributed by atoms with van der Waals surface area (Å²) < 4.78 is 11.3. The maximum Gasteiger partial charge on any atom is 0.285 e. The number of benzene rings is 1. The van der Waals surface area contributed by atoms with Crippen LogP contribution < -0.4 is 20.3 Å². The van der Waals surface area contributed by atoms with Gasteiger partial charge in [0.15, 0.2) is 17.3 Å². The molecule has 1 aromatic carbocycles. The van der Waals surface area contributed by atoms with Crippen LogP contribution in [0.25, 0.3) is 0 Å². The van der Waals surface area contributed by atoms with Crippen molar-refractivity contribution in [2.24, 2.45) is 0 Å². The average Bonchev–Trinajstić information content (AvgIpc) is 3.03. The Balaban J connectivity index is 1.85. The number of nitrogens with one attached hydrogen (secondary N) is 1. The second kappa shape index (κ2) is 6.67. The van der Waals surface area contributed by atoms with Crippen LogP contribution in [0, 0.1) is 10.1 Å². The van der Waals surface area contributed by atoms with Gasteiger partial charge in [-0.25, -0.2) is 0 Å². The first-order valence-corrected chi connectivity index (χ1v) is 7.44. The van der Waals surface area contributed by atoms with E-state index in [9.17, 15) is 24.5 Å². The van der Waals surface area contributed by atoms with Gasteiger partial charge in [-0.15, -0.1) is 0 Å². The van der Waals surface area contributed by atoms with Gasteiger partial charge in [-0.3, -0.25) is 29.1 Å². The van der Waals surface area contributed by atoms with Crippen LogP contribution in [0.15, 0.2) is 35.3 Å². The van der Waals surface area contributed by atoms with Crippen LogP contribution in [0.5, 0.6) is 11.5 Å². The predicted octanol–water partition coefficient (Wildman–Crippen LogP) is 1.33. The molecule has 134 valence electrons. The number of anilines is 1. The fourth-order valence-corrected chi connectivity index (χ4v) is 2.43. The number of ether oxygens (including phenoxy) is 2. The summed E-state index contributed by atoms with van der Waals surface area (Å²) in [4.78, 5) is 46.0. The molecule has 1 amide bonds. The topological polar surface area (TPSA) is 130 Å². The smallest absolute Gasteiger partial charge is 0.285 e. The summed E-state index contributed by atoms with van der Waals surface area (Å²) in [6, 6.07) is 4.97. The Morgan fingerprint density at radius 2 is 1.96 bits per heavy atom. The SMILES string of the molecule is CC(=O)c1cc2c(cc1NC(=O)Cn1cc([N+](=O)[O-])ccc1=O)OCO2. The van der Waals surface area contributed by atoms with Crippen molar-refractivity contribution in [1.29, 1.82) is 0 Å². The summed E-state index contributed by atoms with van der Waals surface area (Å²) in [6.07, 6.45) is 0.980. The van der Waals surface area contributed by atoms with Gasteiger partial charge >= 0.3 is 0 Å². The van der Waals surface area contributed by atoms with Crippen molar-refractivity contribution in [2.45, 2.75) is 13.5 Å². The summed E-state index contributed by atoms with van der Waals surface area (Å²) >= 11 is 0. The fraction of sp³-hybridized carbons (Fsp3) is 0.188. The summed E-state index contributed by atoms with van der Waals surface area (Å²) in [5, 5.41) is 13.3. The van der Waals surface area contributed by atoms with E-state index in [1.165, 1.54) is 19.1 Å². The molecule has 0 atom stereocenters. The van der Waals surface area contributed by atoms with Gasteiger partial charge in [-0.1, -0.05) is 0 Å². The fourth-order valence-electron chi connectivity index (χ4n) is 2.43. The summed E-state index contributed by atoms with van der Waals surface area (Å²) in [5.74, 6) is -0.166. The number of pyridine rings is 1. The molecule has 0 aliphatic carbocycles. The Bertz CT molecular complexity index is 980. The Morgan fingerprint density at radius 3 is 2.62 bits per heavy atom. The number of carbonyl (C=O) groups excluding carboxylic acids is 2. The second-order valence-electron chi connectivity index (χ2n) is 5.47. The number of fused-ring (bicyclic) bond motifs is 1. The Hall–Kier alpha value is -3.69. The second-order valence-corrected chi connectivity index (χ2v) is 5.47. The van der Waals surface area contributed by atoms with Gasteiger partial charge in [0.1, 0.15) is 6.54 Å². The molecule has 0 unspecified atom stereocenters. The van der Waals surface area contributed by atoms with E-state index < -0.39 is 22.9 Å². The molecule has 0 bridgehead atoms. The normalized spacial score (nSPS) is 11.9. The van der Waals surface area contributed by atoms with E-state index in [0.717, 1.165) is 22.9 Å². The van der Waals surface area contributed by atoms with Gasteiger partial charge in [0.05, 0.1) is 16.8 Å². The van der Waals surface area contributed by atoms with Gasteiger partial charge in [-0.05, 0) is 13.0 Å². The van der Waals surface area contributed by atoms with Gasteiger partial charge in [-0.2, -0.15) is 0 Å². The number of hydrogen-bond acceptors (Lipinski definition) is 7. The van der Waals surface area contributed by atoms with Crippen LogP contribution in [0.4, 0.5) is 11.4 Å². The van der Waals surface area contributed by atoms with E-state index in [1.807, 2.05) is 0 Å². The molecule has 26 heavy (non-hydrogen) atoms. The van der Waals surface area contributed by atoms with Crippen molar-refractivity contribution in [1.82, 2.24) is 4.57 Å². The van der Waals surface area contributed by atoms with E-state index in [2.05, 4.69) is 5.32 Å². The highest BCUT2D eigenvalue weighted by Gasteiger charge is 2.20. The monoisotopic (exact) mass is 359 g/mol. The molecule has 0 fully saturated rings. The molecule has 0 spiro atoms. The molecule has 0 saturated heterocycles. The van der Waals surface area contributed by atoms with Crippen molar-refractivity contribution < 1.29 is 24.0 Å². The molecule has 1 aromatic heterocycles. The van der Waals surface area contributed by atoms with Crippen molar-refractivity contribution in [2.75, 3.05) is 12.1 Å². The van der Waals surface area contributed by atoms with Gasteiger partial charge in [0, 0.05) is 23.8 Å². The van der Waals surface area contributed by atoms with Crippen LogP contribution in [-0.4, -0.2) is 28.0 Å². The van der Waals surface area contributed by atoms with Gasteiger partial charge < -0.3 is 14.8 Å². The van der Waals surface area contributed by atoms with Gasteiger partial charge in [0.25, 0.3) is 11.2 Å². The molecule has 0 saturated carbocycles. The van der Waals surface area contributed by atoms with E-state index in [4.69, 9.17) is 9.47 Å². The highest BCUT2D eigenvalue weighted by molar-refractivity contribution is 6.04. The van der Waals surface area contributed by atoms with E-state index >= 15 is 0 Å². The molecule has 1 aliphatic heterocycles. The minimum atomic E-state index is -0.667. The van der Waals surface area contributed by atoms with Crippen LogP contribution >= 0.6 is 0 Å². The van der Waals surface area contributed by atoms with Crippen LogP contribution in [0.1, 0.15) is 17.3 Å². The Kier molecular flexibility index (Phi) is 4.40. The number of nitrogens with zero attached hydrogens (tertiary/aromatic N) is 2. The molecule has 1 aliphatic rings. The maximum atomic E-state index is 12.3. The summed E-state index contributed by atoms with van der Waals surface area (Å²) in [6.45, 7) is 0.887. The lowest BCUT2D eigenvalue weighted by Crippen LogP contribution is -2.27. The number of carbonyl (C=O) groups is 2. The van der Waals surface area contributed by atoms with Crippen molar-refractivity contribution in [3.63, 3.8) is 0 Å². The lowest BCUT2D eigenvalue weighted by Gasteiger charge is -2.11. The highest BCUT2D eigenvalue weighted by Crippen LogP contribution is 2.37. The summed E-state index contributed by atoms with van der Waals surface area (Å²) in [5.41, 5.74) is -0.465. The van der Waals surface area contributed by atoms with Crippen molar-refractivity contribution in [3.8, 4) is 11.5 Å². The molecular weight excluding hydrogens is 346 g/mol. The summed E-state index contributed by atoms with van der Waals surface area (Å²) in [7, 11) is 0.